The second-order valence-corrected chi connectivity index (χ2v) is 7.77. The van der Waals surface area contributed by atoms with Crippen molar-refractivity contribution in [1.82, 2.24) is 10.7 Å². The lowest BCUT2D eigenvalue weighted by Crippen LogP contribution is -2.34. The number of amides is 3. The molecule has 0 heterocycles. The molecule has 12 heteroatoms. The van der Waals surface area contributed by atoms with Crippen molar-refractivity contribution in [2.75, 3.05) is 39.8 Å². The van der Waals surface area contributed by atoms with Crippen molar-refractivity contribution in [3.63, 3.8) is 0 Å². The van der Waals surface area contributed by atoms with Crippen molar-refractivity contribution < 1.29 is 37.7 Å². The molecule has 3 amide bonds. The average Bonchev–Trinajstić information content (AvgIpc) is 2.95. The van der Waals surface area contributed by atoms with E-state index in [1.54, 1.807) is 36.4 Å². The zero-order chi connectivity index (χ0) is 28.2. The summed E-state index contributed by atoms with van der Waals surface area (Å²) in [5.74, 6) is -0.676. The highest BCUT2D eigenvalue weighted by atomic mass is 19.1. The first-order valence-electron chi connectivity index (χ1n) is 11.5. The van der Waals surface area contributed by atoms with E-state index in [4.69, 9.17) is 18.9 Å². The van der Waals surface area contributed by atoms with Gasteiger partial charge in [-0.25, -0.2) is 9.82 Å². The van der Waals surface area contributed by atoms with E-state index >= 15 is 0 Å². The number of hydrogen-bond donors (Lipinski definition) is 3. The number of benzene rings is 3. The molecule has 0 spiro atoms. The van der Waals surface area contributed by atoms with Crippen LogP contribution >= 0.6 is 0 Å². The molecule has 0 bridgehead atoms. The molecule has 0 aliphatic carbocycles. The van der Waals surface area contributed by atoms with E-state index in [0.717, 1.165) is 0 Å². The predicted octanol–water partition coefficient (Wildman–Crippen LogP) is 2.75. The Kier molecular flexibility index (Phi) is 10.2. The zero-order valence-corrected chi connectivity index (χ0v) is 21.4. The van der Waals surface area contributed by atoms with Crippen LogP contribution in [0.15, 0.2) is 65.8 Å². The van der Waals surface area contributed by atoms with Gasteiger partial charge in [0.25, 0.3) is 17.7 Å². The van der Waals surface area contributed by atoms with Crippen LogP contribution in [0.5, 0.6) is 23.0 Å². The summed E-state index contributed by atoms with van der Waals surface area (Å²) in [6.07, 6.45) is 1.37. The lowest BCUT2D eigenvalue weighted by atomic mass is 10.2. The van der Waals surface area contributed by atoms with Gasteiger partial charge in [-0.15, -0.1) is 0 Å². The minimum atomic E-state index is -0.556. The molecule has 0 radical (unpaired) electrons. The van der Waals surface area contributed by atoms with E-state index in [9.17, 15) is 18.8 Å². The number of halogens is 1. The second-order valence-electron chi connectivity index (χ2n) is 7.77. The van der Waals surface area contributed by atoms with Gasteiger partial charge in [0, 0.05) is 5.56 Å². The Hall–Kier alpha value is -5.13. The van der Waals surface area contributed by atoms with Crippen molar-refractivity contribution in [3.8, 4) is 23.0 Å². The topological polar surface area (TPSA) is 137 Å². The molecule has 11 nitrogen and oxygen atoms in total. The molecular weight excluding hydrogens is 511 g/mol. The van der Waals surface area contributed by atoms with Gasteiger partial charge in [0.05, 0.1) is 39.8 Å². The number of hydrazone groups is 1. The molecule has 3 N–H and O–H groups in total. The molecule has 0 aliphatic rings. The highest BCUT2D eigenvalue weighted by molar-refractivity contribution is 5.97. The fourth-order valence-corrected chi connectivity index (χ4v) is 3.23. The van der Waals surface area contributed by atoms with Crippen LogP contribution in [0, 0.1) is 5.82 Å². The number of anilines is 1. The summed E-state index contributed by atoms with van der Waals surface area (Å²) >= 11 is 0. The van der Waals surface area contributed by atoms with Crippen molar-refractivity contribution in [2.45, 2.75) is 0 Å². The first-order chi connectivity index (χ1) is 18.8. The van der Waals surface area contributed by atoms with Gasteiger partial charge in [-0.2, -0.15) is 5.10 Å². The highest BCUT2D eigenvalue weighted by Gasteiger charge is 2.13. The Labute approximate surface area is 223 Å². The number of carbonyl (C=O) groups is 3. The monoisotopic (exact) mass is 538 g/mol. The number of para-hydroxylation sites is 1. The average molecular weight is 539 g/mol. The number of methoxy groups -OCH3 is 3. The molecule has 0 aromatic heterocycles. The quantitative estimate of drug-likeness (QED) is 0.238. The molecule has 0 saturated heterocycles. The number of ether oxygens (including phenoxy) is 4. The van der Waals surface area contributed by atoms with Crippen molar-refractivity contribution in [3.05, 3.63) is 77.6 Å². The van der Waals surface area contributed by atoms with Crippen LogP contribution in [0.2, 0.25) is 0 Å². The van der Waals surface area contributed by atoms with Crippen LogP contribution < -0.4 is 35.0 Å². The van der Waals surface area contributed by atoms with Gasteiger partial charge < -0.3 is 29.6 Å². The lowest BCUT2D eigenvalue weighted by Gasteiger charge is -2.11. The summed E-state index contributed by atoms with van der Waals surface area (Å²) in [5, 5.41) is 8.79. The number of nitrogens with zero attached hydrogens (tertiary/aromatic N) is 1. The molecule has 39 heavy (non-hydrogen) atoms. The first kappa shape index (κ1) is 28.4. The molecule has 0 saturated carbocycles. The summed E-state index contributed by atoms with van der Waals surface area (Å²) in [5.41, 5.74) is 3.22. The SMILES string of the molecule is COc1ccc(C(=O)NCC(=O)NN=Cc2ccc(OCC(=O)Nc3ccccc3F)c(OC)c2)cc1OC. The van der Waals surface area contributed by atoms with E-state index in [2.05, 4.69) is 21.2 Å². The van der Waals surface area contributed by atoms with E-state index in [-0.39, 0.29) is 24.6 Å². The maximum absolute atomic E-state index is 13.7. The Bertz CT molecular complexity index is 1360. The van der Waals surface area contributed by atoms with Crippen molar-refractivity contribution in [2.24, 2.45) is 5.10 Å². The Morgan fingerprint density at radius 2 is 1.54 bits per heavy atom. The number of rotatable bonds is 12. The van der Waals surface area contributed by atoms with Crippen molar-refractivity contribution in [1.29, 1.82) is 0 Å². The zero-order valence-electron chi connectivity index (χ0n) is 21.4. The van der Waals surface area contributed by atoms with E-state index < -0.39 is 23.5 Å². The third-order valence-corrected chi connectivity index (χ3v) is 5.15. The molecule has 3 aromatic rings. The molecule has 3 aromatic carbocycles. The fourth-order valence-electron chi connectivity index (χ4n) is 3.23. The van der Waals surface area contributed by atoms with Crippen molar-refractivity contribution >= 4 is 29.6 Å². The summed E-state index contributed by atoms with van der Waals surface area (Å²) in [7, 11) is 4.36. The second kappa shape index (κ2) is 14.0. The molecule has 204 valence electrons. The van der Waals surface area contributed by atoms with Crippen LogP contribution in [0.4, 0.5) is 10.1 Å². The van der Waals surface area contributed by atoms with Gasteiger partial charge in [0.2, 0.25) is 0 Å². The maximum atomic E-state index is 13.7. The highest BCUT2D eigenvalue weighted by Crippen LogP contribution is 2.28. The van der Waals surface area contributed by atoms with E-state index in [1.165, 1.54) is 51.8 Å². The molecule has 0 unspecified atom stereocenters. The van der Waals surface area contributed by atoms with Crippen LogP contribution in [0.1, 0.15) is 15.9 Å². The smallest absolute Gasteiger partial charge is 0.262 e. The maximum Gasteiger partial charge on any atom is 0.262 e. The largest absolute Gasteiger partial charge is 0.493 e. The Morgan fingerprint density at radius 3 is 2.26 bits per heavy atom. The summed E-state index contributed by atoms with van der Waals surface area (Å²) < 4.78 is 34.8. The number of nitrogens with one attached hydrogen (secondary N) is 3. The summed E-state index contributed by atoms with van der Waals surface area (Å²) in [6.45, 7) is -0.682. The predicted molar refractivity (Wildman–Crippen MR) is 141 cm³/mol. The fraction of sp³-hybridized carbons (Fsp3) is 0.185. The lowest BCUT2D eigenvalue weighted by molar-refractivity contribution is -0.120. The molecule has 3 rings (SSSR count). The minimum Gasteiger partial charge on any atom is -0.493 e. The third-order valence-electron chi connectivity index (χ3n) is 5.15. The van der Waals surface area contributed by atoms with Gasteiger partial charge in [0.1, 0.15) is 5.82 Å². The van der Waals surface area contributed by atoms with Crippen LogP contribution in [-0.4, -0.2) is 58.4 Å². The minimum absolute atomic E-state index is 0.0483. The summed E-state index contributed by atoms with van der Waals surface area (Å²) in [6, 6.07) is 15.2. The Balaban J connectivity index is 1.49. The van der Waals surface area contributed by atoms with Gasteiger partial charge in [-0.3, -0.25) is 14.4 Å². The molecule has 0 atom stereocenters. The van der Waals surface area contributed by atoms with Gasteiger partial charge in [0.15, 0.2) is 29.6 Å². The molecule has 0 fully saturated rings. The van der Waals surface area contributed by atoms with Crippen LogP contribution in [0.3, 0.4) is 0 Å². The normalized spacial score (nSPS) is 10.5. The van der Waals surface area contributed by atoms with Crippen LogP contribution in [-0.2, 0) is 9.59 Å². The van der Waals surface area contributed by atoms with Gasteiger partial charge in [-0.1, -0.05) is 12.1 Å². The standard InChI is InChI=1S/C27H27FN4O7/c1-36-21-11-9-18(13-24(21)38-3)27(35)29-15-25(33)32-30-14-17-8-10-22(23(12-17)37-2)39-16-26(34)31-20-7-5-4-6-19(20)28/h4-14H,15-16H2,1-3H3,(H,29,35)(H,31,34)(H,32,33). The first-order valence-corrected chi connectivity index (χ1v) is 11.5. The van der Waals surface area contributed by atoms with E-state index in [1.807, 2.05) is 0 Å². The molecule has 0 aliphatic heterocycles. The Morgan fingerprint density at radius 1 is 0.846 bits per heavy atom. The number of hydrogen-bond acceptors (Lipinski definition) is 8. The van der Waals surface area contributed by atoms with Crippen LogP contribution in [0.25, 0.3) is 0 Å². The number of carbonyl (C=O) groups excluding carboxylic acids is 3. The van der Waals surface area contributed by atoms with E-state index in [0.29, 0.717) is 28.4 Å². The third kappa shape index (κ3) is 8.18. The van der Waals surface area contributed by atoms with Gasteiger partial charge >= 0.3 is 0 Å². The summed E-state index contributed by atoms with van der Waals surface area (Å²) in [4.78, 5) is 36.5. The molecular formula is C27H27FN4O7. The van der Waals surface area contributed by atoms with Gasteiger partial charge in [-0.05, 0) is 54.1 Å².